The van der Waals surface area contributed by atoms with E-state index in [1.165, 1.54) is 13.2 Å². The van der Waals surface area contributed by atoms with Crippen LogP contribution in [0.25, 0.3) is 5.57 Å². The molecule has 0 spiro atoms. The highest BCUT2D eigenvalue weighted by Crippen LogP contribution is 2.40. The van der Waals surface area contributed by atoms with E-state index in [4.69, 9.17) is 4.74 Å². The molecule has 0 aliphatic carbocycles. The summed E-state index contributed by atoms with van der Waals surface area (Å²) in [6.07, 6.45) is 1.43. The molecule has 0 radical (unpaired) electrons. The smallest absolute Gasteiger partial charge is 0.336 e. The zero-order chi connectivity index (χ0) is 15.1. The fourth-order valence-corrected chi connectivity index (χ4v) is 2.66. The maximum absolute atomic E-state index is 12.0. The topological polar surface area (TPSA) is 66.8 Å². The molecular formula is C14H14BrNO4. The lowest BCUT2D eigenvalue weighted by Crippen LogP contribution is -2.52. The first kappa shape index (κ1) is 14.6. The maximum atomic E-state index is 12.0. The molecule has 6 heteroatoms. The predicted molar refractivity (Wildman–Crippen MR) is 78.6 cm³/mol. The number of anilines is 1. The van der Waals surface area contributed by atoms with Crippen LogP contribution >= 0.6 is 15.9 Å². The Morgan fingerprint density at radius 1 is 1.40 bits per heavy atom. The predicted octanol–water partition coefficient (Wildman–Crippen LogP) is 2.30. The zero-order valence-electron chi connectivity index (χ0n) is 11.3. The lowest BCUT2D eigenvalue weighted by Gasteiger charge is -2.40. The Labute approximate surface area is 125 Å². The SMILES string of the molecule is COC(=O)C1(C)C=C(C(=O)O)c2cc(Br)ccc2N1C. The van der Waals surface area contributed by atoms with E-state index in [0.717, 1.165) is 4.47 Å². The molecular weight excluding hydrogens is 326 g/mol. The van der Waals surface area contributed by atoms with Crippen LogP contribution in [0, 0.1) is 0 Å². The molecule has 106 valence electrons. The molecule has 20 heavy (non-hydrogen) atoms. The van der Waals surface area contributed by atoms with Gasteiger partial charge in [-0.1, -0.05) is 15.9 Å². The first-order valence-corrected chi connectivity index (χ1v) is 6.69. The standard InChI is InChI=1S/C14H14BrNO4/c1-14(13(19)20-3)7-10(12(17)18)9-6-8(15)4-5-11(9)16(14)2/h4-7H,1-3H3,(H,17,18). The number of nitrogens with zero attached hydrogens (tertiary/aromatic N) is 1. The second kappa shape index (κ2) is 4.94. The molecule has 1 N–H and O–H groups in total. The van der Waals surface area contributed by atoms with E-state index in [1.54, 1.807) is 37.1 Å². The average molecular weight is 340 g/mol. The summed E-state index contributed by atoms with van der Waals surface area (Å²) in [7, 11) is 3.02. The number of aliphatic carboxylic acids is 1. The van der Waals surface area contributed by atoms with Gasteiger partial charge in [-0.05, 0) is 31.2 Å². The Kier molecular flexibility index (Phi) is 3.60. The highest BCUT2D eigenvalue weighted by Gasteiger charge is 2.42. The van der Waals surface area contributed by atoms with Crippen molar-refractivity contribution in [2.75, 3.05) is 19.1 Å². The van der Waals surface area contributed by atoms with E-state index in [1.807, 2.05) is 0 Å². The lowest BCUT2D eigenvalue weighted by molar-refractivity contribution is -0.144. The number of hydrogen-bond acceptors (Lipinski definition) is 4. The van der Waals surface area contributed by atoms with Crippen molar-refractivity contribution >= 4 is 39.1 Å². The quantitative estimate of drug-likeness (QED) is 0.837. The van der Waals surface area contributed by atoms with Gasteiger partial charge < -0.3 is 14.7 Å². The van der Waals surface area contributed by atoms with Gasteiger partial charge in [-0.3, -0.25) is 0 Å². The van der Waals surface area contributed by atoms with Crippen LogP contribution in [0.3, 0.4) is 0 Å². The van der Waals surface area contributed by atoms with E-state index in [9.17, 15) is 14.7 Å². The van der Waals surface area contributed by atoms with E-state index in [0.29, 0.717) is 11.3 Å². The monoisotopic (exact) mass is 339 g/mol. The van der Waals surface area contributed by atoms with Crippen LogP contribution in [0.1, 0.15) is 12.5 Å². The van der Waals surface area contributed by atoms with E-state index >= 15 is 0 Å². The number of likely N-dealkylation sites (N-methyl/N-ethyl adjacent to an activating group) is 1. The third-order valence-electron chi connectivity index (χ3n) is 3.56. The molecule has 5 nitrogen and oxygen atoms in total. The van der Waals surface area contributed by atoms with Gasteiger partial charge in [-0.2, -0.15) is 0 Å². The molecule has 2 rings (SSSR count). The minimum Gasteiger partial charge on any atom is -0.478 e. The van der Waals surface area contributed by atoms with Gasteiger partial charge >= 0.3 is 11.9 Å². The largest absolute Gasteiger partial charge is 0.478 e. The molecule has 1 aromatic rings. The first-order valence-electron chi connectivity index (χ1n) is 5.89. The van der Waals surface area contributed by atoms with Gasteiger partial charge in [0.2, 0.25) is 0 Å². The van der Waals surface area contributed by atoms with Crippen molar-refractivity contribution in [1.29, 1.82) is 0 Å². The fourth-order valence-electron chi connectivity index (χ4n) is 2.30. The molecule has 1 aliphatic heterocycles. The van der Waals surface area contributed by atoms with E-state index in [-0.39, 0.29) is 5.57 Å². The van der Waals surface area contributed by atoms with Crippen molar-refractivity contribution in [3.8, 4) is 0 Å². The second-order valence-corrected chi connectivity index (χ2v) is 5.64. The minimum atomic E-state index is -1.15. The lowest BCUT2D eigenvalue weighted by atomic mass is 9.87. The molecule has 1 heterocycles. The van der Waals surface area contributed by atoms with Gasteiger partial charge in [0.15, 0.2) is 5.54 Å². The fraction of sp³-hybridized carbons (Fsp3) is 0.286. The summed E-state index contributed by atoms with van der Waals surface area (Å²) < 4.78 is 5.58. The number of fused-ring (bicyclic) bond motifs is 1. The van der Waals surface area contributed by atoms with Crippen molar-refractivity contribution in [3.63, 3.8) is 0 Å². The number of carbonyl (C=O) groups excluding carboxylic acids is 1. The summed E-state index contributed by atoms with van der Waals surface area (Å²) in [5.74, 6) is -1.58. The van der Waals surface area contributed by atoms with Gasteiger partial charge in [0.1, 0.15) is 0 Å². The second-order valence-electron chi connectivity index (χ2n) is 4.72. The van der Waals surface area contributed by atoms with E-state index < -0.39 is 17.5 Å². The summed E-state index contributed by atoms with van der Waals surface area (Å²) in [5.41, 5.74) is 0.174. The number of carbonyl (C=O) groups is 2. The van der Waals surface area contributed by atoms with Gasteiger partial charge in [0.05, 0.1) is 12.7 Å². The van der Waals surface area contributed by atoms with Crippen LogP contribution in [-0.2, 0) is 14.3 Å². The number of rotatable bonds is 2. The maximum Gasteiger partial charge on any atom is 0.336 e. The molecule has 0 fully saturated rings. The molecule has 0 saturated heterocycles. The molecule has 0 bridgehead atoms. The average Bonchev–Trinajstić information content (AvgIpc) is 2.41. The number of esters is 1. The van der Waals surface area contributed by atoms with Crippen molar-refractivity contribution < 1.29 is 19.4 Å². The number of halogens is 1. The number of methoxy groups -OCH3 is 1. The first-order chi connectivity index (χ1) is 9.31. The molecule has 0 amide bonds. The van der Waals surface area contributed by atoms with E-state index in [2.05, 4.69) is 15.9 Å². The van der Waals surface area contributed by atoms with Crippen LogP contribution < -0.4 is 4.90 Å². The Bertz CT molecular complexity index is 626. The Hall–Kier alpha value is -1.82. The van der Waals surface area contributed by atoms with Crippen LogP contribution in [0.15, 0.2) is 28.7 Å². The molecule has 1 aromatic carbocycles. The van der Waals surface area contributed by atoms with Crippen LogP contribution in [0.4, 0.5) is 5.69 Å². The molecule has 1 atom stereocenters. The zero-order valence-corrected chi connectivity index (χ0v) is 12.9. The number of carboxylic acid groups (broad SMARTS) is 1. The molecule has 0 aromatic heterocycles. The Morgan fingerprint density at radius 2 is 2.05 bits per heavy atom. The number of hydrogen-bond donors (Lipinski definition) is 1. The van der Waals surface area contributed by atoms with Crippen LogP contribution in [-0.4, -0.2) is 36.7 Å². The Balaban J connectivity index is 2.71. The Morgan fingerprint density at radius 3 is 2.60 bits per heavy atom. The van der Waals surface area contributed by atoms with Crippen molar-refractivity contribution in [3.05, 3.63) is 34.3 Å². The summed E-state index contributed by atoms with van der Waals surface area (Å²) in [6, 6.07) is 5.30. The van der Waals surface area contributed by atoms with Crippen molar-refractivity contribution in [1.82, 2.24) is 0 Å². The number of ether oxygens (including phenoxy) is 1. The van der Waals surface area contributed by atoms with Crippen LogP contribution in [0.5, 0.6) is 0 Å². The molecule has 1 aliphatic rings. The third kappa shape index (κ3) is 2.10. The van der Waals surface area contributed by atoms with Crippen LogP contribution in [0.2, 0.25) is 0 Å². The van der Waals surface area contributed by atoms with Crippen molar-refractivity contribution in [2.45, 2.75) is 12.5 Å². The van der Waals surface area contributed by atoms with Crippen molar-refractivity contribution in [2.24, 2.45) is 0 Å². The number of benzene rings is 1. The number of carboxylic acids is 1. The van der Waals surface area contributed by atoms with Gasteiger partial charge in [0.25, 0.3) is 0 Å². The highest BCUT2D eigenvalue weighted by atomic mass is 79.9. The van der Waals surface area contributed by atoms with Gasteiger partial charge in [-0.25, -0.2) is 9.59 Å². The molecule has 0 saturated carbocycles. The summed E-state index contributed by atoms with van der Waals surface area (Å²) in [4.78, 5) is 25.2. The molecule has 1 unspecified atom stereocenters. The summed E-state index contributed by atoms with van der Waals surface area (Å²) in [6.45, 7) is 1.63. The summed E-state index contributed by atoms with van der Waals surface area (Å²) >= 11 is 3.33. The normalized spacial score (nSPS) is 21.0. The van der Waals surface area contributed by atoms with Gasteiger partial charge in [0, 0.05) is 22.8 Å². The third-order valence-corrected chi connectivity index (χ3v) is 4.05. The highest BCUT2D eigenvalue weighted by molar-refractivity contribution is 9.10. The van der Waals surface area contributed by atoms with Gasteiger partial charge in [-0.15, -0.1) is 0 Å². The summed E-state index contributed by atoms with van der Waals surface area (Å²) in [5, 5.41) is 9.39. The minimum absolute atomic E-state index is 0.0901.